The van der Waals surface area contributed by atoms with Gasteiger partial charge in [-0.15, -0.1) is 0 Å². The van der Waals surface area contributed by atoms with Gasteiger partial charge < -0.3 is 5.32 Å². The molecular formula is C20H15ClN4O. The first kappa shape index (κ1) is 17.5. The zero-order valence-corrected chi connectivity index (χ0v) is 14.7. The quantitative estimate of drug-likeness (QED) is 0.526. The molecule has 0 aliphatic carbocycles. The Morgan fingerprint density at radius 1 is 1.19 bits per heavy atom. The summed E-state index contributed by atoms with van der Waals surface area (Å²) in [6.07, 6.45) is 3.10. The van der Waals surface area contributed by atoms with Crippen LogP contribution in [0.3, 0.4) is 0 Å². The average Bonchev–Trinajstić information content (AvgIpc) is 3.10. The second-order valence-electron chi connectivity index (χ2n) is 5.70. The standard InChI is InChI=1S/C20H15ClN4O/c1-13-2-4-14(5-3-13)19-16(12-23-25-19)10-15(11-22)20(26)24-18-8-6-17(21)7-9-18/h2-10,12H,1H3,(H,23,25)(H,24,26). The summed E-state index contributed by atoms with van der Waals surface area (Å²) in [5.41, 5.74) is 4.02. The normalized spacial score (nSPS) is 11.0. The van der Waals surface area contributed by atoms with Crippen LogP contribution < -0.4 is 5.32 Å². The molecule has 1 amide bonds. The molecule has 1 heterocycles. The number of aromatic amines is 1. The van der Waals surface area contributed by atoms with Gasteiger partial charge in [0.25, 0.3) is 5.91 Å². The summed E-state index contributed by atoms with van der Waals surface area (Å²) < 4.78 is 0. The number of anilines is 1. The molecule has 0 aliphatic rings. The fourth-order valence-corrected chi connectivity index (χ4v) is 2.52. The molecule has 0 unspecified atom stereocenters. The number of aromatic nitrogens is 2. The number of amides is 1. The second-order valence-corrected chi connectivity index (χ2v) is 6.13. The van der Waals surface area contributed by atoms with Crippen molar-refractivity contribution >= 4 is 29.3 Å². The Hall–Kier alpha value is -3.36. The molecule has 0 atom stereocenters. The zero-order valence-electron chi connectivity index (χ0n) is 14.0. The molecule has 1 aromatic heterocycles. The number of H-pyrrole nitrogens is 1. The molecule has 2 aromatic carbocycles. The summed E-state index contributed by atoms with van der Waals surface area (Å²) in [5, 5.41) is 19.6. The molecule has 3 rings (SSSR count). The van der Waals surface area contributed by atoms with Crippen molar-refractivity contribution in [2.75, 3.05) is 5.32 Å². The maximum absolute atomic E-state index is 12.4. The lowest BCUT2D eigenvalue weighted by atomic mass is 10.0. The molecule has 6 heteroatoms. The van der Waals surface area contributed by atoms with Crippen LogP contribution in [0.25, 0.3) is 17.3 Å². The number of nitrogens with one attached hydrogen (secondary N) is 2. The first-order chi connectivity index (χ1) is 12.6. The predicted octanol–water partition coefficient (Wildman–Crippen LogP) is 4.58. The fraction of sp³-hybridized carbons (Fsp3) is 0.0500. The molecule has 0 fully saturated rings. The Balaban J connectivity index is 1.87. The van der Waals surface area contributed by atoms with E-state index < -0.39 is 5.91 Å². The topological polar surface area (TPSA) is 81.6 Å². The van der Waals surface area contributed by atoms with E-state index in [0.717, 1.165) is 16.8 Å². The van der Waals surface area contributed by atoms with Gasteiger partial charge in [-0.2, -0.15) is 10.4 Å². The van der Waals surface area contributed by atoms with Crippen molar-refractivity contribution < 1.29 is 4.79 Å². The van der Waals surface area contributed by atoms with E-state index in [4.69, 9.17) is 11.6 Å². The molecule has 26 heavy (non-hydrogen) atoms. The Morgan fingerprint density at radius 3 is 2.54 bits per heavy atom. The minimum atomic E-state index is -0.495. The number of nitriles is 1. The van der Waals surface area contributed by atoms with E-state index in [1.54, 1.807) is 30.5 Å². The lowest BCUT2D eigenvalue weighted by molar-refractivity contribution is -0.112. The van der Waals surface area contributed by atoms with E-state index in [1.807, 2.05) is 37.3 Å². The molecule has 0 spiro atoms. The van der Waals surface area contributed by atoms with Crippen LogP contribution in [0.4, 0.5) is 5.69 Å². The summed E-state index contributed by atoms with van der Waals surface area (Å²) in [5.74, 6) is -0.495. The van der Waals surface area contributed by atoms with Crippen molar-refractivity contribution in [1.82, 2.24) is 10.2 Å². The summed E-state index contributed by atoms with van der Waals surface area (Å²) in [4.78, 5) is 12.4. The first-order valence-electron chi connectivity index (χ1n) is 7.86. The summed E-state index contributed by atoms with van der Waals surface area (Å²) in [7, 11) is 0. The molecule has 5 nitrogen and oxygen atoms in total. The summed E-state index contributed by atoms with van der Waals surface area (Å²) in [6.45, 7) is 2.01. The van der Waals surface area contributed by atoms with Gasteiger partial charge in [-0.25, -0.2) is 0 Å². The second kappa shape index (κ2) is 7.68. The largest absolute Gasteiger partial charge is 0.321 e. The van der Waals surface area contributed by atoms with Crippen molar-refractivity contribution in [3.8, 4) is 17.3 Å². The number of aryl methyl sites for hydroxylation is 1. The van der Waals surface area contributed by atoms with Crippen LogP contribution in [0.5, 0.6) is 0 Å². The number of rotatable bonds is 4. The van der Waals surface area contributed by atoms with E-state index in [1.165, 1.54) is 6.08 Å². The Kier molecular flexibility index (Phi) is 5.16. The number of carbonyl (C=O) groups is 1. The highest BCUT2D eigenvalue weighted by Gasteiger charge is 2.13. The highest BCUT2D eigenvalue weighted by molar-refractivity contribution is 6.30. The van der Waals surface area contributed by atoms with Crippen LogP contribution in [-0.2, 0) is 4.79 Å². The van der Waals surface area contributed by atoms with E-state index in [2.05, 4.69) is 15.5 Å². The SMILES string of the molecule is Cc1ccc(-c2[nH]ncc2C=C(C#N)C(=O)Nc2ccc(Cl)cc2)cc1. The third-order valence-electron chi connectivity index (χ3n) is 3.78. The van der Waals surface area contributed by atoms with Gasteiger partial charge in [0.1, 0.15) is 11.6 Å². The third-order valence-corrected chi connectivity index (χ3v) is 4.03. The van der Waals surface area contributed by atoms with Crippen molar-refractivity contribution in [3.63, 3.8) is 0 Å². The van der Waals surface area contributed by atoms with Crippen LogP contribution in [0.15, 0.2) is 60.3 Å². The van der Waals surface area contributed by atoms with E-state index in [-0.39, 0.29) is 5.57 Å². The fourth-order valence-electron chi connectivity index (χ4n) is 2.39. The van der Waals surface area contributed by atoms with Gasteiger partial charge in [-0.05, 0) is 37.3 Å². The smallest absolute Gasteiger partial charge is 0.266 e. The van der Waals surface area contributed by atoms with Crippen molar-refractivity contribution in [2.45, 2.75) is 6.92 Å². The van der Waals surface area contributed by atoms with Crippen LogP contribution in [0, 0.1) is 18.3 Å². The molecule has 0 aliphatic heterocycles. The average molecular weight is 363 g/mol. The van der Waals surface area contributed by atoms with Crippen molar-refractivity contribution in [2.24, 2.45) is 0 Å². The van der Waals surface area contributed by atoms with Crippen LogP contribution in [0.2, 0.25) is 5.02 Å². The van der Waals surface area contributed by atoms with E-state index in [0.29, 0.717) is 16.3 Å². The number of carbonyl (C=O) groups excluding carboxylic acids is 1. The Morgan fingerprint density at radius 2 is 1.88 bits per heavy atom. The third kappa shape index (κ3) is 4.00. The molecule has 128 valence electrons. The lowest BCUT2D eigenvalue weighted by Crippen LogP contribution is -2.13. The maximum Gasteiger partial charge on any atom is 0.266 e. The van der Waals surface area contributed by atoms with Gasteiger partial charge in [0.15, 0.2) is 0 Å². The Labute approximate surface area is 155 Å². The zero-order chi connectivity index (χ0) is 18.5. The summed E-state index contributed by atoms with van der Waals surface area (Å²) >= 11 is 5.83. The van der Waals surface area contributed by atoms with Gasteiger partial charge in [0, 0.05) is 21.8 Å². The highest BCUT2D eigenvalue weighted by Crippen LogP contribution is 2.24. The van der Waals surface area contributed by atoms with E-state index in [9.17, 15) is 10.1 Å². The molecule has 0 saturated carbocycles. The number of hydrogen-bond donors (Lipinski definition) is 2. The number of benzene rings is 2. The highest BCUT2D eigenvalue weighted by atomic mass is 35.5. The summed E-state index contributed by atoms with van der Waals surface area (Å²) in [6, 6.07) is 16.5. The number of nitrogens with zero attached hydrogens (tertiary/aromatic N) is 2. The number of halogens is 1. The molecule has 0 bridgehead atoms. The molecule has 2 N–H and O–H groups in total. The van der Waals surface area contributed by atoms with E-state index >= 15 is 0 Å². The maximum atomic E-state index is 12.4. The molecule has 0 radical (unpaired) electrons. The van der Waals surface area contributed by atoms with Gasteiger partial charge in [0.2, 0.25) is 0 Å². The van der Waals surface area contributed by atoms with Crippen LogP contribution in [-0.4, -0.2) is 16.1 Å². The van der Waals surface area contributed by atoms with Crippen molar-refractivity contribution in [1.29, 1.82) is 5.26 Å². The van der Waals surface area contributed by atoms with Gasteiger partial charge >= 0.3 is 0 Å². The Bertz CT molecular complexity index is 996. The van der Waals surface area contributed by atoms with Gasteiger partial charge in [0.05, 0.1) is 11.9 Å². The minimum Gasteiger partial charge on any atom is -0.321 e. The van der Waals surface area contributed by atoms with Crippen molar-refractivity contribution in [3.05, 3.63) is 76.5 Å². The predicted molar refractivity (Wildman–Crippen MR) is 102 cm³/mol. The van der Waals surface area contributed by atoms with Crippen LogP contribution in [0.1, 0.15) is 11.1 Å². The molecular weight excluding hydrogens is 348 g/mol. The number of hydrogen-bond acceptors (Lipinski definition) is 3. The lowest BCUT2D eigenvalue weighted by Gasteiger charge is -2.05. The first-order valence-corrected chi connectivity index (χ1v) is 8.24. The molecule has 0 saturated heterocycles. The minimum absolute atomic E-state index is 0.0188. The molecule has 3 aromatic rings. The van der Waals surface area contributed by atoms with Gasteiger partial charge in [-0.1, -0.05) is 41.4 Å². The van der Waals surface area contributed by atoms with Crippen LogP contribution >= 0.6 is 11.6 Å². The van der Waals surface area contributed by atoms with Gasteiger partial charge in [-0.3, -0.25) is 9.89 Å². The monoisotopic (exact) mass is 362 g/mol.